The maximum absolute atomic E-state index is 12.4. The fraction of sp³-hybridized carbons (Fsp3) is 0.615. The largest absolute Gasteiger partial charge is 0.476 e. The lowest BCUT2D eigenvalue weighted by molar-refractivity contribution is -0.131. The van der Waals surface area contributed by atoms with E-state index in [1.807, 2.05) is 13.8 Å². The van der Waals surface area contributed by atoms with Gasteiger partial charge in [0.15, 0.2) is 5.69 Å². The Kier molecular flexibility index (Phi) is 5.64. The quantitative estimate of drug-likeness (QED) is 0.711. The number of thiazole rings is 1. The molecule has 1 unspecified atom stereocenters. The molecule has 0 aliphatic heterocycles. The summed E-state index contributed by atoms with van der Waals surface area (Å²) in [5.74, 6) is -1.17. The minimum absolute atomic E-state index is 0.00201. The highest BCUT2D eigenvalue weighted by atomic mass is 32.1. The molecule has 1 aromatic heterocycles. The van der Waals surface area contributed by atoms with E-state index in [1.54, 1.807) is 6.92 Å². The van der Waals surface area contributed by atoms with Crippen LogP contribution in [0.2, 0.25) is 0 Å². The SMILES string of the molecule is CCC(CC)(CN)C(=O)NC(C)c1nc(C(=O)O)cs1. The molecule has 0 saturated heterocycles. The number of aromatic nitrogens is 1. The number of nitrogens with zero attached hydrogens (tertiary/aromatic N) is 1. The van der Waals surface area contributed by atoms with Crippen molar-refractivity contribution in [3.8, 4) is 0 Å². The van der Waals surface area contributed by atoms with Crippen molar-refractivity contribution in [3.05, 3.63) is 16.1 Å². The molecule has 1 atom stereocenters. The molecule has 7 heteroatoms. The van der Waals surface area contributed by atoms with Gasteiger partial charge >= 0.3 is 5.97 Å². The van der Waals surface area contributed by atoms with Gasteiger partial charge in [0.2, 0.25) is 5.91 Å². The first-order valence-corrected chi connectivity index (χ1v) is 7.48. The number of carbonyl (C=O) groups is 2. The van der Waals surface area contributed by atoms with Crippen molar-refractivity contribution in [2.75, 3.05) is 6.54 Å². The van der Waals surface area contributed by atoms with Gasteiger partial charge in [0.1, 0.15) is 5.01 Å². The Labute approximate surface area is 122 Å². The number of nitrogens with one attached hydrogen (secondary N) is 1. The van der Waals surface area contributed by atoms with E-state index in [2.05, 4.69) is 10.3 Å². The molecule has 0 spiro atoms. The van der Waals surface area contributed by atoms with E-state index in [0.717, 1.165) is 0 Å². The average molecular weight is 299 g/mol. The van der Waals surface area contributed by atoms with E-state index >= 15 is 0 Å². The Morgan fingerprint density at radius 1 is 1.50 bits per heavy atom. The first-order chi connectivity index (χ1) is 9.40. The first-order valence-electron chi connectivity index (χ1n) is 6.60. The van der Waals surface area contributed by atoms with E-state index in [1.165, 1.54) is 16.7 Å². The predicted octanol–water partition coefficient (Wildman–Crippen LogP) is 1.78. The summed E-state index contributed by atoms with van der Waals surface area (Å²) in [6.07, 6.45) is 1.33. The average Bonchev–Trinajstić information content (AvgIpc) is 2.91. The minimum Gasteiger partial charge on any atom is -0.476 e. The Bertz CT molecular complexity index is 475. The predicted molar refractivity (Wildman–Crippen MR) is 77.7 cm³/mol. The molecule has 1 rings (SSSR count). The molecule has 1 heterocycles. The maximum atomic E-state index is 12.4. The zero-order chi connectivity index (χ0) is 15.3. The van der Waals surface area contributed by atoms with Crippen molar-refractivity contribution in [3.63, 3.8) is 0 Å². The molecule has 112 valence electrons. The van der Waals surface area contributed by atoms with Crippen molar-refractivity contribution in [2.24, 2.45) is 11.1 Å². The molecule has 0 bridgehead atoms. The van der Waals surface area contributed by atoms with Crippen molar-refractivity contribution >= 4 is 23.2 Å². The Hall–Kier alpha value is -1.47. The number of amides is 1. The molecule has 0 saturated carbocycles. The van der Waals surface area contributed by atoms with Crippen LogP contribution in [0.15, 0.2) is 5.38 Å². The third-order valence-electron chi connectivity index (χ3n) is 3.69. The first kappa shape index (κ1) is 16.6. The summed E-state index contributed by atoms with van der Waals surface area (Å²) < 4.78 is 0. The lowest BCUT2D eigenvalue weighted by atomic mass is 9.81. The second-order valence-electron chi connectivity index (χ2n) is 4.76. The number of hydrogen-bond acceptors (Lipinski definition) is 5. The number of hydrogen-bond donors (Lipinski definition) is 3. The molecule has 6 nitrogen and oxygen atoms in total. The smallest absolute Gasteiger partial charge is 0.355 e. The molecular formula is C13H21N3O3S. The van der Waals surface area contributed by atoms with Gasteiger partial charge in [-0.15, -0.1) is 11.3 Å². The van der Waals surface area contributed by atoms with Crippen LogP contribution in [0.5, 0.6) is 0 Å². The highest BCUT2D eigenvalue weighted by molar-refractivity contribution is 7.09. The van der Waals surface area contributed by atoms with Crippen LogP contribution >= 0.6 is 11.3 Å². The molecule has 0 aliphatic rings. The Morgan fingerprint density at radius 2 is 2.10 bits per heavy atom. The van der Waals surface area contributed by atoms with Crippen LogP contribution < -0.4 is 11.1 Å². The van der Waals surface area contributed by atoms with Crippen molar-refractivity contribution in [1.29, 1.82) is 0 Å². The molecule has 0 aromatic carbocycles. The third kappa shape index (κ3) is 3.34. The molecule has 1 amide bonds. The number of aromatic carboxylic acids is 1. The van der Waals surface area contributed by atoms with Gasteiger partial charge in [0, 0.05) is 11.9 Å². The zero-order valence-electron chi connectivity index (χ0n) is 12.0. The van der Waals surface area contributed by atoms with Crippen LogP contribution in [-0.4, -0.2) is 28.5 Å². The lowest BCUT2D eigenvalue weighted by Crippen LogP contribution is -2.46. The van der Waals surface area contributed by atoms with Crippen molar-refractivity contribution in [1.82, 2.24) is 10.3 Å². The van der Waals surface area contributed by atoms with Crippen LogP contribution in [0.1, 0.15) is 55.2 Å². The number of rotatable bonds is 7. The van der Waals surface area contributed by atoms with E-state index in [9.17, 15) is 9.59 Å². The van der Waals surface area contributed by atoms with Crippen LogP contribution in [0, 0.1) is 5.41 Å². The standard InChI is InChI=1S/C13H21N3O3S/c1-4-13(5-2,7-14)12(19)15-8(3)10-16-9(6-20-10)11(17)18/h6,8H,4-5,7,14H2,1-3H3,(H,15,19)(H,17,18). The van der Waals surface area contributed by atoms with Gasteiger partial charge < -0.3 is 16.2 Å². The number of carboxylic acids is 1. The highest BCUT2D eigenvalue weighted by Crippen LogP contribution is 2.27. The van der Waals surface area contributed by atoms with Crippen LogP contribution in [0.25, 0.3) is 0 Å². The fourth-order valence-electron chi connectivity index (χ4n) is 1.95. The summed E-state index contributed by atoms with van der Waals surface area (Å²) in [5, 5.41) is 13.8. The zero-order valence-corrected chi connectivity index (χ0v) is 12.8. The van der Waals surface area contributed by atoms with Crippen LogP contribution in [0.3, 0.4) is 0 Å². The van der Waals surface area contributed by atoms with Gasteiger partial charge in [-0.1, -0.05) is 13.8 Å². The topological polar surface area (TPSA) is 105 Å². The second kappa shape index (κ2) is 6.81. The summed E-state index contributed by atoms with van der Waals surface area (Å²) in [6, 6.07) is -0.329. The summed E-state index contributed by atoms with van der Waals surface area (Å²) in [5.41, 5.74) is 5.17. The molecular weight excluding hydrogens is 278 g/mol. The van der Waals surface area contributed by atoms with Crippen molar-refractivity contribution < 1.29 is 14.7 Å². The number of carbonyl (C=O) groups excluding carboxylic acids is 1. The summed E-state index contributed by atoms with van der Waals surface area (Å²) in [7, 11) is 0. The molecule has 20 heavy (non-hydrogen) atoms. The van der Waals surface area contributed by atoms with Crippen molar-refractivity contribution in [2.45, 2.75) is 39.7 Å². The van der Waals surface area contributed by atoms with Crippen LogP contribution in [-0.2, 0) is 4.79 Å². The van der Waals surface area contributed by atoms with E-state index in [-0.39, 0.29) is 24.2 Å². The highest BCUT2D eigenvalue weighted by Gasteiger charge is 2.34. The summed E-state index contributed by atoms with van der Waals surface area (Å²) in [6.45, 7) is 5.95. The second-order valence-corrected chi connectivity index (χ2v) is 5.65. The maximum Gasteiger partial charge on any atom is 0.355 e. The molecule has 4 N–H and O–H groups in total. The molecule has 0 aliphatic carbocycles. The van der Waals surface area contributed by atoms with Gasteiger partial charge in [-0.25, -0.2) is 9.78 Å². The third-order valence-corrected chi connectivity index (χ3v) is 4.71. The normalized spacial score (nSPS) is 13.0. The molecule has 0 fully saturated rings. The van der Waals surface area contributed by atoms with E-state index in [0.29, 0.717) is 17.8 Å². The summed E-state index contributed by atoms with van der Waals surface area (Å²) >= 11 is 1.22. The number of nitrogens with two attached hydrogens (primary N) is 1. The molecule has 1 aromatic rings. The Morgan fingerprint density at radius 3 is 2.50 bits per heavy atom. The van der Waals surface area contributed by atoms with Gasteiger partial charge in [0.25, 0.3) is 0 Å². The van der Waals surface area contributed by atoms with Gasteiger partial charge in [0.05, 0.1) is 11.5 Å². The van der Waals surface area contributed by atoms with E-state index < -0.39 is 11.4 Å². The van der Waals surface area contributed by atoms with E-state index in [4.69, 9.17) is 10.8 Å². The fourth-order valence-corrected chi connectivity index (χ4v) is 2.75. The molecule has 0 radical (unpaired) electrons. The number of carboxylic acid groups (broad SMARTS) is 1. The van der Waals surface area contributed by atoms with Crippen LogP contribution in [0.4, 0.5) is 0 Å². The van der Waals surface area contributed by atoms with Gasteiger partial charge in [-0.05, 0) is 19.8 Å². The van der Waals surface area contributed by atoms with Gasteiger partial charge in [-0.2, -0.15) is 0 Å². The summed E-state index contributed by atoms with van der Waals surface area (Å²) in [4.78, 5) is 27.1. The Balaban J connectivity index is 2.81. The lowest BCUT2D eigenvalue weighted by Gasteiger charge is -2.29. The minimum atomic E-state index is -1.07. The van der Waals surface area contributed by atoms with Gasteiger partial charge in [-0.3, -0.25) is 4.79 Å². The monoisotopic (exact) mass is 299 g/mol.